The molecule has 0 radical (unpaired) electrons. The molecule has 0 aromatic heterocycles. The molecular formula is C60H90N2. The lowest BCUT2D eigenvalue weighted by Crippen LogP contribution is -2.38. The first-order valence-corrected chi connectivity index (χ1v) is 26.2. The van der Waals surface area contributed by atoms with E-state index in [1.807, 2.05) is 0 Å². The van der Waals surface area contributed by atoms with Gasteiger partial charge in [0.25, 0.3) is 0 Å². The molecule has 0 saturated heterocycles. The number of aryl methyl sites for hydroxylation is 2. The SMILES string of the molecule is CCCCCCCCCC(c1ccc(C(CCCCCCC)(c2ccc(C(CCCCCCCCC)c3ccc(N)cc3C)cc2)C2CCCCC2)cc1)c1ccc(N)cc1C. The van der Waals surface area contributed by atoms with E-state index in [0.29, 0.717) is 17.8 Å². The van der Waals surface area contributed by atoms with Gasteiger partial charge in [-0.15, -0.1) is 0 Å². The van der Waals surface area contributed by atoms with Crippen molar-refractivity contribution in [3.63, 3.8) is 0 Å². The van der Waals surface area contributed by atoms with Crippen molar-refractivity contribution >= 4 is 11.4 Å². The number of benzene rings is 4. The molecule has 4 aromatic rings. The van der Waals surface area contributed by atoms with E-state index < -0.39 is 0 Å². The van der Waals surface area contributed by atoms with E-state index in [9.17, 15) is 0 Å². The zero-order valence-corrected chi connectivity index (χ0v) is 40.6. The second-order valence-corrected chi connectivity index (χ2v) is 19.9. The maximum atomic E-state index is 6.31. The number of hydrogen-bond donors (Lipinski definition) is 2. The highest BCUT2D eigenvalue weighted by molar-refractivity contribution is 5.51. The fraction of sp³-hybridized carbons (Fsp3) is 0.600. The Balaban J connectivity index is 1.51. The zero-order chi connectivity index (χ0) is 44.0. The van der Waals surface area contributed by atoms with Gasteiger partial charge < -0.3 is 11.5 Å². The van der Waals surface area contributed by atoms with Crippen LogP contribution >= 0.6 is 0 Å². The molecule has 0 bridgehead atoms. The van der Waals surface area contributed by atoms with Crippen LogP contribution in [-0.4, -0.2) is 0 Å². The van der Waals surface area contributed by atoms with Crippen molar-refractivity contribution in [3.8, 4) is 0 Å². The van der Waals surface area contributed by atoms with Crippen molar-refractivity contribution < 1.29 is 0 Å². The van der Waals surface area contributed by atoms with Gasteiger partial charge in [0.15, 0.2) is 0 Å². The molecule has 0 spiro atoms. The lowest BCUT2D eigenvalue weighted by molar-refractivity contribution is 0.220. The van der Waals surface area contributed by atoms with E-state index >= 15 is 0 Å². The summed E-state index contributed by atoms with van der Waals surface area (Å²) in [5.41, 5.74) is 26.0. The minimum Gasteiger partial charge on any atom is -0.399 e. The molecule has 0 amide bonds. The highest BCUT2D eigenvalue weighted by Gasteiger charge is 2.42. The lowest BCUT2D eigenvalue weighted by atomic mass is 9.59. The van der Waals surface area contributed by atoms with Gasteiger partial charge in [-0.2, -0.15) is 0 Å². The molecule has 4 aromatic carbocycles. The quantitative estimate of drug-likeness (QED) is 0.0423. The van der Waals surface area contributed by atoms with Gasteiger partial charge in [-0.3, -0.25) is 0 Å². The Morgan fingerprint density at radius 3 is 1.21 bits per heavy atom. The molecule has 2 nitrogen and oxygen atoms in total. The Bertz CT molecular complexity index is 1700. The van der Waals surface area contributed by atoms with Crippen LogP contribution in [0.4, 0.5) is 11.4 Å². The van der Waals surface area contributed by atoms with Gasteiger partial charge in [-0.1, -0.05) is 223 Å². The Hall–Kier alpha value is -3.52. The maximum absolute atomic E-state index is 6.31. The van der Waals surface area contributed by atoms with Crippen molar-refractivity contribution in [1.82, 2.24) is 0 Å². The lowest BCUT2D eigenvalue weighted by Gasteiger charge is -2.45. The molecule has 2 unspecified atom stereocenters. The largest absolute Gasteiger partial charge is 0.399 e. The van der Waals surface area contributed by atoms with Crippen LogP contribution < -0.4 is 11.5 Å². The van der Waals surface area contributed by atoms with Crippen LogP contribution in [0.2, 0.25) is 0 Å². The normalized spacial score (nSPS) is 15.4. The van der Waals surface area contributed by atoms with Crippen molar-refractivity contribution in [2.24, 2.45) is 5.92 Å². The summed E-state index contributed by atoms with van der Waals surface area (Å²) in [7, 11) is 0. The van der Waals surface area contributed by atoms with Gasteiger partial charge in [0.1, 0.15) is 0 Å². The van der Waals surface area contributed by atoms with Crippen LogP contribution in [-0.2, 0) is 5.41 Å². The minimum absolute atomic E-state index is 0.0138. The number of nitrogens with two attached hydrogens (primary N) is 2. The Morgan fingerprint density at radius 1 is 0.452 bits per heavy atom. The van der Waals surface area contributed by atoms with Crippen LogP contribution in [0.5, 0.6) is 0 Å². The van der Waals surface area contributed by atoms with Crippen molar-refractivity contribution in [3.05, 3.63) is 129 Å². The summed E-state index contributed by atoms with van der Waals surface area (Å²) in [4.78, 5) is 0. The summed E-state index contributed by atoms with van der Waals surface area (Å²) in [6, 6.07) is 33.8. The molecule has 5 rings (SSSR count). The Kier molecular flexibility index (Phi) is 21.5. The average molecular weight is 839 g/mol. The van der Waals surface area contributed by atoms with Crippen molar-refractivity contribution in [2.45, 2.75) is 225 Å². The average Bonchev–Trinajstić information content (AvgIpc) is 3.28. The van der Waals surface area contributed by atoms with E-state index in [0.717, 1.165) is 11.4 Å². The highest BCUT2D eigenvalue weighted by atomic mass is 14.5. The molecule has 1 saturated carbocycles. The van der Waals surface area contributed by atoms with Crippen LogP contribution in [0.25, 0.3) is 0 Å². The third-order valence-electron chi connectivity index (χ3n) is 15.2. The van der Waals surface area contributed by atoms with E-state index in [1.54, 1.807) is 11.1 Å². The molecular weight excluding hydrogens is 749 g/mol. The van der Waals surface area contributed by atoms with Gasteiger partial charge in [-0.05, 0) is 121 Å². The third-order valence-corrected chi connectivity index (χ3v) is 15.2. The smallest absolute Gasteiger partial charge is 0.0316 e. The van der Waals surface area contributed by atoms with Crippen LogP contribution in [0.15, 0.2) is 84.9 Å². The number of unbranched alkanes of at least 4 members (excludes halogenated alkanes) is 16. The van der Waals surface area contributed by atoms with E-state index in [1.165, 1.54) is 207 Å². The number of nitrogen functional groups attached to an aromatic ring is 2. The second kappa shape index (κ2) is 27.0. The topological polar surface area (TPSA) is 52.0 Å². The molecule has 2 atom stereocenters. The number of hydrogen-bond acceptors (Lipinski definition) is 2. The highest BCUT2D eigenvalue weighted by Crippen LogP contribution is 2.50. The van der Waals surface area contributed by atoms with Crippen molar-refractivity contribution in [2.75, 3.05) is 11.5 Å². The molecule has 0 aliphatic heterocycles. The van der Waals surface area contributed by atoms with Crippen LogP contribution in [0, 0.1) is 19.8 Å². The Morgan fingerprint density at radius 2 is 0.823 bits per heavy atom. The van der Waals surface area contributed by atoms with Gasteiger partial charge in [-0.25, -0.2) is 0 Å². The standard InChI is InChI=1S/C60H90N2/c1-6-9-12-15-17-19-25-30-58(56-42-40-54(61)45-47(56)4)49-32-36-52(37-33-49)60(44-27-21-14-11-8-3,51-28-23-22-24-29-51)53-38-34-50(35-39-53)59(31-26-20-18-16-13-10-7-2)57-43-41-55(62)46-48(57)5/h32-43,45-46,51,58-59H,6-31,44,61-62H2,1-5H3. The first-order chi connectivity index (χ1) is 30.3. The molecule has 62 heavy (non-hydrogen) atoms. The third kappa shape index (κ3) is 14.2. The summed E-state index contributed by atoms with van der Waals surface area (Å²) in [5, 5.41) is 0. The predicted octanol–water partition coefficient (Wildman–Crippen LogP) is 18.2. The zero-order valence-electron chi connectivity index (χ0n) is 40.6. The van der Waals surface area contributed by atoms with Crippen LogP contribution in [0.3, 0.4) is 0 Å². The molecule has 0 heterocycles. The summed E-state index contributed by atoms with van der Waals surface area (Å²) < 4.78 is 0. The molecule has 1 fully saturated rings. The van der Waals surface area contributed by atoms with Crippen LogP contribution in [0.1, 0.15) is 250 Å². The van der Waals surface area contributed by atoms with Gasteiger partial charge in [0, 0.05) is 28.6 Å². The first-order valence-electron chi connectivity index (χ1n) is 26.2. The predicted molar refractivity (Wildman–Crippen MR) is 274 cm³/mol. The van der Waals surface area contributed by atoms with E-state index in [2.05, 4.69) is 120 Å². The van der Waals surface area contributed by atoms with Gasteiger partial charge >= 0.3 is 0 Å². The molecule has 2 heteroatoms. The summed E-state index contributed by atoms with van der Waals surface area (Å²) in [6.45, 7) is 11.5. The molecule has 1 aliphatic carbocycles. The fourth-order valence-electron chi connectivity index (χ4n) is 11.6. The molecule has 4 N–H and O–H groups in total. The monoisotopic (exact) mass is 839 g/mol. The van der Waals surface area contributed by atoms with Gasteiger partial charge in [0.2, 0.25) is 0 Å². The number of rotatable bonds is 29. The van der Waals surface area contributed by atoms with Crippen molar-refractivity contribution in [1.29, 1.82) is 0 Å². The van der Waals surface area contributed by atoms with E-state index in [4.69, 9.17) is 11.5 Å². The molecule has 340 valence electrons. The maximum Gasteiger partial charge on any atom is 0.0316 e. The first kappa shape index (κ1) is 49.5. The summed E-state index contributed by atoms with van der Waals surface area (Å²) in [6.07, 6.45) is 35.7. The van der Waals surface area contributed by atoms with Gasteiger partial charge in [0.05, 0.1) is 0 Å². The summed E-state index contributed by atoms with van der Waals surface area (Å²) >= 11 is 0. The second-order valence-electron chi connectivity index (χ2n) is 19.9. The van der Waals surface area contributed by atoms with E-state index in [-0.39, 0.29) is 5.41 Å². The minimum atomic E-state index is 0.0138. The summed E-state index contributed by atoms with van der Waals surface area (Å²) in [5.74, 6) is 1.44. The number of anilines is 2. The molecule has 1 aliphatic rings. The Labute approximate surface area is 381 Å². The fourth-order valence-corrected chi connectivity index (χ4v) is 11.6.